The Bertz CT molecular complexity index is 747. The summed E-state index contributed by atoms with van der Waals surface area (Å²) in [5.74, 6) is -1.11. The third-order valence-electron chi connectivity index (χ3n) is 2.45. The summed E-state index contributed by atoms with van der Waals surface area (Å²) in [5, 5.41) is 10.5. The number of nitro benzene ring substituents is 1. The van der Waals surface area contributed by atoms with Crippen molar-refractivity contribution in [1.29, 1.82) is 0 Å². The molecule has 0 saturated heterocycles. The second-order valence-corrected chi connectivity index (χ2v) is 5.52. The van der Waals surface area contributed by atoms with Crippen molar-refractivity contribution in [2.75, 3.05) is 4.72 Å². The first-order chi connectivity index (χ1) is 9.40. The summed E-state index contributed by atoms with van der Waals surface area (Å²) >= 11 is 0. The van der Waals surface area contributed by atoms with Gasteiger partial charge >= 0.3 is 5.69 Å². The lowest BCUT2D eigenvalue weighted by atomic mass is 10.3. The van der Waals surface area contributed by atoms with E-state index in [1.54, 1.807) is 18.2 Å². The van der Waals surface area contributed by atoms with E-state index in [-0.39, 0.29) is 10.6 Å². The number of nitro groups is 1. The van der Waals surface area contributed by atoms with Crippen LogP contribution in [0.25, 0.3) is 0 Å². The van der Waals surface area contributed by atoms with E-state index in [0.29, 0.717) is 0 Å². The van der Waals surface area contributed by atoms with Gasteiger partial charge in [0.15, 0.2) is 0 Å². The second kappa shape index (κ2) is 5.25. The Morgan fingerprint density at radius 2 is 1.75 bits per heavy atom. The van der Waals surface area contributed by atoms with Crippen molar-refractivity contribution in [2.45, 2.75) is 4.90 Å². The summed E-state index contributed by atoms with van der Waals surface area (Å²) in [7, 11) is -3.85. The monoisotopic (exact) mass is 296 g/mol. The lowest BCUT2D eigenvalue weighted by molar-refractivity contribution is -0.387. The highest BCUT2D eigenvalue weighted by Crippen LogP contribution is 2.22. The van der Waals surface area contributed by atoms with Crippen LogP contribution in [0.2, 0.25) is 0 Å². The van der Waals surface area contributed by atoms with E-state index in [4.69, 9.17) is 0 Å². The van der Waals surface area contributed by atoms with E-state index in [9.17, 15) is 22.9 Å². The minimum absolute atomic E-state index is 0.0127. The zero-order valence-electron chi connectivity index (χ0n) is 9.99. The topological polar surface area (TPSA) is 89.3 Å². The minimum Gasteiger partial charge on any atom is -0.280 e. The predicted octanol–water partition coefficient (Wildman–Crippen LogP) is 2.53. The average molecular weight is 296 g/mol. The molecule has 0 fully saturated rings. The van der Waals surface area contributed by atoms with E-state index in [1.165, 1.54) is 12.1 Å². The molecule has 0 spiro atoms. The summed E-state index contributed by atoms with van der Waals surface area (Å²) < 4.78 is 39.5. The summed E-state index contributed by atoms with van der Waals surface area (Å²) in [6.45, 7) is 0. The lowest BCUT2D eigenvalue weighted by Crippen LogP contribution is -2.13. The first-order valence-corrected chi connectivity index (χ1v) is 6.90. The molecule has 0 aliphatic rings. The van der Waals surface area contributed by atoms with Crippen LogP contribution in [0.4, 0.5) is 15.8 Å². The highest BCUT2D eigenvalue weighted by Gasteiger charge is 2.17. The minimum atomic E-state index is -3.85. The first kappa shape index (κ1) is 13.9. The van der Waals surface area contributed by atoms with Crippen molar-refractivity contribution in [2.24, 2.45) is 0 Å². The van der Waals surface area contributed by atoms with Gasteiger partial charge in [-0.3, -0.25) is 14.8 Å². The quantitative estimate of drug-likeness (QED) is 0.693. The number of rotatable bonds is 4. The fraction of sp³-hybridized carbons (Fsp3) is 0. The van der Waals surface area contributed by atoms with Gasteiger partial charge in [0.1, 0.15) is 0 Å². The normalized spacial score (nSPS) is 11.1. The van der Waals surface area contributed by atoms with Gasteiger partial charge in [-0.25, -0.2) is 8.42 Å². The van der Waals surface area contributed by atoms with Crippen LogP contribution in [0.5, 0.6) is 0 Å². The van der Waals surface area contributed by atoms with Gasteiger partial charge in [-0.15, -0.1) is 0 Å². The molecule has 0 heterocycles. The number of sulfonamides is 1. The van der Waals surface area contributed by atoms with Crippen LogP contribution < -0.4 is 4.72 Å². The van der Waals surface area contributed by atoms with Gasteiger partial charge in [-0.05, 0) is 18.2 Å². The highest BCUT2D eigenvalue weighted by molar-refractivity contribution is 7.92. The van der Waals surface area contributed by atoms with Crippen LogP contribution in [-0.4, -0.2) is 13.3 Å². The molecule has 0 aliphatic heterocycles. The van der Waals surface area contributed by atoms with Crippen molar-refractivity contribution >= 4 is 21.4 Å². The van der Waals surface area contributed by atoms with Crippen LogP contribution in [0.15, 0.2) is 53.4 Å². The van der Waals surface area contributed by atoms with E-state index in [2.05, 4.69) is 4.72 Å². The molecule has 0 aliphatic carbocycles. The third-order valence-corrected chi connectivity index (χ3v) is 3.85. The third kappa shape index (κ3) is 2.91. The Labute approximate surface area is 114 Å². The van der Waals surface area contributed by atoms with Crippen LogP contribution >= 0.6 is 0 Å². The molecular weight excluding hydrogens is 287 g/mol. The summed E-state index contributed by atoms with van der Waals surface area (Å²) in [4.78, 5) is 9.60. The van der Waals surface area contributed by atoms with E-state index < -0.39 is 26.5 Å². The van der Waals surface area contributed by atoms with Gasteiger partial charge in [0.25, 0.3) is 10.0 Å². The van der Waals surface area contributed by atoms with Crippen molar-refractivity contribution in [3.63, 3.8) is 0 Å². The number of benzene rings is 2. The van der Waals surface area contributed by atoms with E-state index in [0.717, 1.165) is 18.2 Å². The zero-order chi connectivity index (χ0) is 14.8. The SMILES string of the molecule is O=[N+]([O-])c1ccc(NS(=O)(=O)c2ccccc2)cc1F. The van der Waals surface area contributed by atoms with E-state index in [1.807, 2.05) is 0 Å². The first-order valence-electron chi connectivity index (χ1n) is 5.42. The molecule has 0 radical (unpaired) electrons. The number of nitrogens with zero attached hydrogens (tertiary/aromatic N) is 1. The van der Waals surface area contributed by atoms with Crippen LogP contribution in [0.3, 0.4) is 0 Å². The maximum Gasteiger partial charge on any atom is 0.304 e. The Morgan fingerprint density at radius 1 is 1.10 bits per heavy atom. The van der Waals surface area contributed by atoms with Crippen molar-refractivity contribution in [3.8, 4) is 0 Å². The molecule has 6 nitrogen and oxygen atoms in total. The molecule has 0 bridgehead atoms. The molecule has 0 unspecified atom stereocenters. The molecule has 2 aromatic carbocycles. The maximum absolute atomic E-state index is 13.4. The number of nitrogens with one attached hydrogen (secondary N) is 1. The molecule has 1 N–H and O–H groups in total. The molecule has 2 rings (SSSR count). The molecule has 0 atom stereocenters. The molecule has 104 valence electrons. The average Bonchev–Trinajstić information content (AvgIpc) is 2.39. The fourth-order valence-corrected chi connectivity index (χ4v) is 2.60. The van der Waals surface area contributed by atoms with Crippen molar-refractivity contribution in [3.05, 3.63) is 64.5 Å². The Kier molecular flexibility index (Phi) is 3.66. The molecule has 0 aromatic heterocycles. The number of anilines is 1. The van der Waals surface area contributed by atoms with Gasteiger partial charge < -0.3 is 0 Å². The maximum atomic E-state index is 13.4. The van der Waals surface area contributed by atoms with Crippen molar-refractivity contribution in [1.82, 2.24) is 0 Å². The zero-order valence-corrected chi connectivity index (χ0v) is 10.8. The van der Waals surface area contributed by atoms with Gasteiger partial charge in [0.2, 0.25) is 5.82 Å². The number of hydrogen-bond donors (Lipinski definition) is 1. The molecule has 8 heteroatoms. The summed E-state index contributed by atoms with van der Waals surface area (Å²) in [6, 6.07) is 10.3. The Hall–Kier alpha value is -2.48. The molecule has 0 saturated carbocycles. The van der Waals surface area contributed by atoms with Gasteiger partial charge in [0.05, 0.1) is 15.5 Å². The molecule has 2 aromatic rings. The van der Waals surface area contributed by atoms with Gasteiger partial charge in [-0.2, -0.15) is 4.39 Å². The van der Waals surface area contributed by atoms with Crippen LogP contribution in [0, 0.1) is 15.9 Å². The van der Waals surface area contributed by atoms with Gasteiger partial charge in [-0.1, -0.05) is 18.2 Å². The van der Waals surface area contributed by atoms with Crippen LogP contribution in [0.1, 0.15) is 0 Å². The van der Waals surface area contributed by atoms with E-state index >= 15 is 0 Å². The smallest absolute Gasteiger partial charge is 0.280 e. The highest BCUT2D eigenvalue weighted by atomic mass is 32.2. The standard InChI is InChI=1S/C12H9FN2O4S/c13-11-8-9(6-7-12(11)15(16)17)14-20(18,19)10-4-2-1-3-5-10/h1-8,14H. The second-order valence-electron chi connectivity index (χ2n) is 3.84. The fourth-order valence-electron chi connectivity index (χ4n) is 1.53. The molecule has 20 heavy (non-hydrogen) atoms. The lowest BCUT2D eigenvalue weighted by Gasteiger charge is -2.07. The Morgan fingerprint density at radius 3 is 2.30 bits per heavy atom. The number of hydrogen-bond acceptors (Lipinski definition) is 4. The van der Waals surface area contributed by atoms with Crippen molar-refractivity contribution < 1.29 is 17.7 Å². The molecular formula is C12H9FN2O4S. The predicted molar refractivity (Wildman–Crippen MR) is 70.3 cm³/mol. The number of halogens is 1. The summed E-state index contributed by atoms with van der Waals surface area (Å²) in [6.07, 6.45) is 0. The summed E-state index contributed by atoms with van der Waals surface area (Å²) in [5.41, 5.74) is -0.801. The largest absolute Gasteiger partial charge is 0.304 e. The van der Waals surface area contributed by atoms with Gasteiger partial charge in [0, 0.05) is 12.1 Å². The van der Waals surface area contributed by atoms with Crippen LogP contribution in [-0.2, 0) is 10.0 Å². The molecule has 0 amide bonds. The Balaban J connectivity index is 2.31.